The van der Waals surface area contributed by atoms with Gasteiger partial charge in [0.15, 0.2) is 0 Å². The molecule has 3 aromatic carbocycles. The molecule has 0 unspecified atom stereocenters. The molecule has 0 radical (unpaired) electrons. The molecule has 0 fully saturated rings. The first-order valence-corrected chi connectivity index (χ1v) is 8.51. The van der Waals surface area contributed by atoms with Gasteiger partial charge in [0.25, 0.3) is 0 Å². The smallest absolute Gasteiger partial charge is 0.132 e. The van der Waals surface area contributed by atoms with Gasteiger partial charge in [-0.05, 0) is 46.9 Å². The molecule has 0 bridgehead atoms. The lowest BCUT2D eigenvalue weighted by atomic mass is 9.97. The summed E-state index contributed by atoms with van der Waals surface area (Å²) < 4.78 is 42.3. The van der Waals surface area contributed by atoms with E-state index in [1.54, 1.807) is 6.07 Å². The zero-order chi connectivity index (χ0) is 18.7. The molecule has 0 aliphatic rings. The van der Waals surface area contributed by atoms with Crippen molar-refractivity contribution in [3.05, 3.63) is 83.2 Å². The fraction of sp³-hybridized carbons (Fsp3) is 0.182. The van der Waals surface area contributed by atoms with Crippen molar-refractivity contribution in [1.82, 2.24) is 0 Å². The van der Waals surface area contributed by atoms with E-state index in [1.165, 1.54) is 17.7 Å². The van der Waals surface area contributed by atoms with Crippen molar-refractivity contribution in [2.75, 3.05) is 0 Å². The lowest BCUT2D eigenvalue weighted by Crippen LogP contribution is -1.97. The van der Waals surface area contributed by atoms with Crippen molar-refractivity contribution >= 4 is 0 Å². The molecule has 0 saturated carbocycles. The number of hydrogen-bond acceptors (Lipinski definition) is 1. The average Bonchev–Trinajstić information content (AvgIpc) is 2.62. The van der Waals surface area contributed by atoms with Crippen LogP contribution in [0.15, 0.2) is 54.6 Å². The molecule has 4 heteroatoms. The van der Waals surface area contributed by atoms with Gasteiger partial charge in [-0.25, -0.2) is 13.2 Å². The minimum atomic E-state index is -0.891. The second-order valence-electron chi connectivity index (χ2n) is 6.22. The van der Waals surface area contributed by atoms with Crippen LogP contribution in [-0.2, 0) is 13.0 Å². The predicted molar refractivity (Wildman–Crippen MR) is 97.1 cm³/mol. The molecule has 0 atom stereocenters. The van der Waals surface area contributed by atoms with Crippen molar-refractivity contribution in [3.8, 4) is 22.3 Å². The summed E-state index contributed by atoms with van der Waals surface area (Å²) in [6.07, 6.45) is 2.05. The molecule has 1 N–H and O–H groups in total. The number of aliphatic hydroxyl groups is 1. The van der Waals surface area contributed by atoms with Crippen LogP contribution < -0.4 is 0 Å². The Hall–Kier alpha value is -2.59. The first-order chi connectivity index (χ1) is 12.5. The highest BCUT2D eigenvalue weighted by Crippen LogP contribution is 2.30. The van der Waals surface area contributed by atoms with Crippen LogP contribution in [-0.4, -0.2) is 5.11 Å². The summed E-state index contributed by atoms with van der Waals surface area (Å²) in [5.74, 6) is -2.34. The van der Waals surface area contributed by atoms with Crippen molar-refractivity contribution < 1.29 is 18.3 Å². The Balaban J connectivity index is 1.95. The van der Waals surface area contributed by atoms with Gasteiger partial charge in [0.1, 0.15) is 17.5 Å². The molecule has 1 nitrogen and oxygen atoms in total. The molecular weight excluding hydrogens is 337 g/mol. The Morgan fingerprint density at radius 1 is 0.731 bits per heavy atom. The predicted octanol–water partition coefficient (Wildman–Crippen LogP) is 5.88. The SMILES string of the molecule is CCCc1ccc(-c2ccc(-c3cc(F)c(CO)c(F)c3)c(F)c2)cc1. The molecule has 134 valence electrons. The molecule has 26 heavy (non-hydrogen) atoms. The Morgan fingerprint density at radius 2 is 1.31 bits per heavy atom. The van der Waals surface area contributed by atoms with Gasteiger partial charge in [0.2, 0.25) is 0 Å². The first-order valence-electron chi connectivity index (χ1n) is 8.51. The van der Waals surface area contributed by atoms with Crippen LogP contribution in [0.4, 0.5) is 13.2 Å². The molecule has 0 saturated heterocycles. The Labute approximate surface area is 150 Å². The van der Waals surface area contributed by atoms with Crippen molar-refractivity contribution in [1.29, 1.82) is 0 Å². The maximum absolute atomic E-state index is 14.6. The molecule has 3 aromatic rings. The van der Waals surface area contributed by atoms with Crippen LogP contribution >= 0.6 is 0 Å². The van der Waals surface area contributed by atoms with E-state index in [-0.39, 0.29) is 11.1 Å². The van der Waals surface area contributed by atoms with Crippen LogP contribution in [0.1, 0.15) is 24.5 Å². The van der Waals surface area contributed by atoms with Crippen LogP contribution in [0, 0.1) is 17.5 Å². The molecule has 0 aromatic heterocycles. The maximum Gasteiger partial charge on any atom is 0.132 e. The van der Waals surface area contributed by atoms with Crippen LogP contribution in [0.2, 0.25) is 0 Å². The Kier molecular flexibility index (Phi) is 5.43. The van der Waals surface area contributed by atoms with E-state index in [9.17, 15) is 13.2 Å². The lowest BCUT2D eigenvalue weighted by Gasteiger charge is -2.10. The van der Waals surface area contributed by atoms with Gasteiger partial charge < -0.3 is 5.11 Å². The molecular formula is C22H19F3O. The van der Waals surface area contributed by atoms with Crippen LogP contribution in [0.25, 0.3) is 22.3 Å². The van der Waals surface area contributed by atoms with Gasteiger partial charge in [-0.2, -0.15) is 0 Å². The summed E-state index contributed by atoms with van der Waals surface area (Å²) in [5.41, 5.74) is 2.59. The van der Waals surface area contributed by atoms with Gasteiger partial charge in [-0.3, -0.25) is 0 Å². The number of hydrogen-bond donors (Lipinski definition) is 1. The van der Waals surface area contributed by atoms with Crippen LogP contribution in [0.5, 0.6) is 0 Å². The van der Waals surface area contributed by atoms with Crippen LogP contribution in [0.3, 0.4) is 0 Å². The number of aliphatic hydroxyl groups excluding tert-OH is 1. The van der Waals surface area contributed by atoms with Crippen molar-refractivity contribution in [3.63, 3.8) is 0 Å². The molecule has 0 spiro atoms. The highest BCUT2D eigenvalue weighted by atomic mass is 19.1. The quantitative estimate of drug-likeness (QED) is 0.605. The number of benzene rings is 3. The summed E-state index contributed by atoms with van der Waals surface area (Å²) in [4.78, 5) is 0. The second kappa shape index (κ2) is 7.75. The number of halogens is 3. The Bertz CT molecular complexity index is 894. The Morgan fingerprint density at radius 3 is 1.85 bits per heavy atom. The maximum atomic E-state index is 14.6. The van der Waals surface area contributed by atoms with E-state index in [0.717, 1.165) is 30.5 Å². The topological polar surface area (TPSA) is 20.2 Å². The summed E-state index contributed by atoms with van der Waals surface area (Å²) in [5, 5.41) is 8.98. The fourth-order valence-corrected chi connectivity index (χ4v) is 2.99. The molecule has 0 heterocycles. The first kappa shape index (κ1) is 18.2. The number of rotatable bonds is 5. The molecule has 0 aliphatic heterocycles. The van der Waals surface area contributed by atoms with E-state index in [0.29, 0.717) is 5.56 Å². The van der Waals surface area contributed by atoms with Gasteiger partial charge in [0.05, 0.1) is 6.61 Å². The van der Waals surface area contributed by atoms with Gasteiger partial charge >= 0.3 is 0 Å². The molecule has 0 aliphatic carbocycles. The molecule has 3 rings (SSSR count). The monoisotopic (exact) mass is 356 g/mol. The van der Waals surface area contributed by atoms with Crippen molar-refractivity contribution in [2.24, 2.45) is 0 Å². The van der Waals surface area contributed by atoms with E-state index in [2.05, 4.69) is 6.92 Å². The highest BCUT2D eigenvalue weighted by Gasteiger charge is 2.14. The third-order valence-corrected chi connectivity index (χ3v) is 4.41. The van der Waals surface area contributed by atoms with Gasteiger partial charge in [-0.15, -0.1) is 0 Å². The summed E-state index contributed by atoms with van der Waals surface area (Å²) in [7, 11) is 0. The standard InChI is InChI=1S/C22H19F3O/c1-2-3-14-4-6-15(7-5-14)16-8-9-18(20(23)10-16)17-11-21(24)19(13-26)22(25)12-17/h4-12,26H,2-3,13H2,1H3. The normalized spacial score (nSPS) is 11.0. The zero-order valence-electron chi connectivity index (χ0n) is 14.4. The second-order valence-corrected chi connectivity index (χ2v) is 6.22. The molecule has 0 amide bonds. The minimum absolute atomic E-state index is 0.0968. The highest BCUT2D eigenvalue weighted by molar-refractivity contribution is 5.71. The summed E-state index contributed by atoms with van der Waals surface area (Å²) >= 11 is 0. The van der Waals surface area contributed by atoms with E-state index >= 15 is 0 Å². The lowest BCUT2D eigenvalue weighted by molar-refractivity contribution is 0.269. The third-order valence-electron chi connectivity index (χ3n) is 4.41. The van der Waals surface area contributed by atoms with Crippen molar-refractivity contribution in [2.45, 2.75) is 26.4 Å². The summed E-state index contributed by atoms with van der Waals surface area (Å²) in [6.45, 7) is 1.37. The largest absolute Gasteiger partial charge is 0.391 e. The van der Waals surface area contributed by atoms with E-state index in [4.69, 9.17) is 5.11 Å². The summed E-state index contributed by atoms with van der Waals surface area (Å²) in [6, 6.07) is 14.6. The van der Waals surface area contributed by atoms with E-state index in [1.807, 2.05) is 24.3 Å². The minimum Gasteiger partial charge on any atom is -0.391 e. The number of aryl methyl sites for hydroxylation is 1. The fourth-order valence-electron chi connectivity index (χ4n) is 2.99. The zero-order valence-corrected chi connectivity index (χ0v) is 14.4. The third kappa shape index (κ3) is 3.65. The van der Waals surface area contributed by atoms with E-state index < -0.39 is 29.6 Å². The average molecular weight is 356 g/mol. The van der Waals surface area contributed by atoms with Gasteiger partial charge in [-0.1, -0.05) is 49.7 Å². The van der Waals surface area contributed by atoms with Gasteiger partial charge in [0, 0.05) is 11.1 Å².